The molecule has 2 amide bonds. The van der Waals surface area contributed by atoms with Crippen molar-refractivity contribution in [2.45, 2.75) is 51.8 Å². The lowest BCUT2D eigenvalue weighted by Gasteiger charge is -2.34. The summed E-state index contributed by atoms with van der Waals surface area (Å²) in [6, 6.07) is 19.6. The monoisotopic (exact) mass is 511 g/mol. The zero-order chi connectivity index (χ0) is 26.7. The lowest BCUT2D eigenvalue weighted by molar-refractivity contribution is 0.0189. The fourth-order valence-corrected chi connectivity index (χ4v) is 4.80. The minimum atomic E-state index is -0.494. The predicted molar refractivity (Wildman–Crippen MR) is 147 cm³/mol. The fourth-order valence-electron chi connectivity index (χ4n) is 4.80. The van der Waals surface area contributed by atoms with Crippen molar-refractivity contribution in [3.05, 3.63) is 84.3 Å². The van der Waals surface area contributed by atoms with Crippen LogP contribution in [0.4, 0.5) is 4.79 Å². The SMILES string of the molecule is CC(C)(C)OC(=O)N1CCC(n2ccc3c(-c4ccc(CNC(=O)c5ccccc5)cc4)ncnc32)CC1. The van der Waals surface area contributed by atoms with E-state index in [9.17, 15) is 9.59 Å². The Labute approximate surface area is 222 Å². The summed E-state index contributed by atoms with van der Waals surface area (Å²) in [6.45, 7) is 7.42. The van der Waals surface area contributed by atoms with Gasteiger partial charge in [0.05, 0.1) is 5.69 Å². The number of aromatic nitrogens is 3. The van der Waals surface area contributed by atoms with E-state index in [1.807, 2.05) is 63.2 Å². The number of amides is 2. The summed E-state index contributed by atoms with van der Waals surface area (Å²) in [5, 5.41) is 3.96. The van der Waals surface area contributed by atoms with Crippen molar-refractivity contribution in [1.29, 1.82) is 0 Å². The van der Waals surface area contributed by atoms with Gasteiger partial charge in [-0.15, -0.1) is 0 Å². The highest BCUT2D eigenvalue weighted by Gasteiger charge is 2.28. The summed E-state index contributed by atoms with van der Waals surface area (Å²) in [7, 11) is 0. The Bertz CT molecular complexity index is 1420. The third kappa shape index (κ3) is 5.69. The molecule has 1 N–H and O–H groups in total. The first-order chi connectivity index (χ1) is 18.3. The number of piperidine rings is 1. The molecule has 1 aliphatic rings. The molecule has 0 aliphatic carbocycles. The number of fused-ring (bicyclic) bond motifs is 1. The Morgan fingerprint density at radius 3 is 2.37 bits per heavy atom. The Balaban J connectivity index is 1.26. The molecule has 38 heavy (non-hydrogen) atoms. The van der Waals surface area contributed by atoms with Crippen LogP contribution < -0.4 is 5.32 Å². The van der Waals surface area contributed by atoms with Crippen molar-refractivity contribution in [2.24, 2.45) is 0 Å². The lowest BCUT2D eigenvalue weighted by Crippen LogP contribution is -2.42. The number of carbonyl (C=O) groups is 2. The highest BCUT2D eigenvalue weighted by atomic mass is 16.6. The van der Waals surface area contributed by atoms with Crippen LogP contribution in [0, 0.1) is 0 Å². The Morgan fingerprint density at radius 1 is 0.974 bits per heavy atom. The van der Waals surface area contributed by atoms with Crippen LogP contribution >= 0.6 is 0 Å². The number of nitrogens with one attached hydrogen (secondary N) is 1. The number of hydrogen-bond acceptors (Lipinski definition) is 5. The first-order valence-electron chi connectivity index (χ1n) is 13.0. The third-order valence-corrected chi connectivity index (χ3v) is 6.74. The standard InChI is InChI=1S/C30H33N5O3/c1-30(2,3)38-29(37)34-16-13-24(14-17-34)35-18-15-25-26(32-20-33-27(25)35)22-11-9-21(10-12-22)19-31-28(36)23-7-5-4-6-8-23/h4-12,15,18,20,24H,13-14,16-17,19H2,1-3H3,(H,31,36). The van der Waals surface area contributed by atoms with Crippen LogP contribution in [-0.4, -0.2) is 50.1 Å². The summed E-state index contributed by atoms with van der Waals surface area (Å²) in [5.41, 5.74) is 3.93. The second-order valence-corrected chi connectivity index (χ2v) is 10.6. The molecule has 1 fully saturated rings. The van der Waals surface area contributed by atoms with Crippen LogP contribution in [0.1, 0.15) is 55.6 Å². The van der Waals surface area contributed by atoms with Gasteiger partial charge in [-0.3, -0.25) is 4.79 Å². The van der Waals surface area contributed by atoms with Gasteiger partial charge in [-0.1, -0.05) is 42.5 Å². The zero-order valence-corrected chi connectivity index (χ0v) is 22.1. The highest BCUT2D eigenvalue weighted by molar-refractivity contribution is 5.94. The average Bonchev–Trinajstić information content (AvgIpc) is 3.36. The quantitative estimate of drug-likeness (QED) is 0.377. The van der Waals surface area contributed by atoms with Crippen molar-refractivity contribution in [2.75, 3.05) is 13.1 Å². The summed E-state index contributed by atoms with van der Waals surface area (Å²) in [5.74, 6) is -0.0922. The molecule has 2 aromatic heterocycles. The van der Waals surface area contributed by atoms with Crippen LogP contribution in [0.15, 0.2) is 73.2 Å². The molecule has 0 atom stereocenters. The van der Waals surface area contributed by atoms with Crippen LogP contribution in [0.2, 0.25) is 0 Å². The number of ether oxygens (including phenoxy) is 1. The summed E-state index contributed by atoms with van der Waals surface area (Å²) >= 11 is 0. The number of carbonyl (C=O) groups excluding carboxylic acids is 2. The fraction of sp³-hybridized carbons (Fsp3) is 0.333. The van der Waals surface area contributed by atoms with E-state index in [2.05, 4.69) is 32.1 Å². The Kier molecular flexibility index (Phi) is 7.13. The first kappa shape index (κ1) is 25.4. The molecule has 3 heterocycles. The van der Waals surface area contributed by atoms with Gasteiger partial charge in [0, 0.05) is 48.4 Å². The molecule has 8 nitrogen and oxygen atoms in total. The summed E-state index contributed by atoms with van der Waals surface area (Å²) in [4.78, 5) is 35.7. The largest absolute Gasteiger partial charge is 0.444 e. The molecule has 4 aromatic rings. The number of hydrogen-bond donors (Lipinski definition) is 1. The van der Waals surface area contributed by atoms with Gasteiger partial charge in [0.25, 0.3) is 5.91 Å². The number of benzene rings is 2. The van der Waals surface area contributed by atoms with Crippen molar-refractivity contribution < 1.29 is 14.3 Å². The second kappa shape index (κ2) is 10.7. The topological polar surface area (TPSA) is 89.4 Å². The normalized spacial score (nSPS) is 14.4. The van der Waals surface area contributed by atoms with Crippen LogP contribution in [0.3, 0.4) is 0 Å². The molecule has 0 saturated carbocycles. The first-order valence-corrected chi connectivity index (χ1v) is 13.0. The van der Waals surface area contributed by atoms with E-state index in [4.69, 9.17) is 4.74 Å². The second-order valence-electron chi connectivity index (χ2n) is 10.6. The molecule has 0 radical (unpaired) electrons. The summed E-state index contributed by atoms with van der Waals surface area (Å²) < 4.78 is 7.74. The maximum absolute atomic E-state index is 12.4. The van der Waals surface area contributed by atoms with Gasteiger partial charge in [-0.25, -0.2) is 14.8 Å². The molecular weight excluding hydrogens is 478 g/mol. The van der Waals surface area contributed by atoms with E-state index in [1.54, 1.807) is 23.4 Å². The molecule has 0 unspecified atom stereocenters. The van der Waals surface area contributed by atoms with Crippen molar-refractivity contribution in [3.63, 3.8) is 0 Å². The summed E-state index contributed by atoms with van der Waals surface area (Å²) in [6.07, 6.45) is 5.11. The van der Waals surface area contributed by atoms with E-state index >= 15 is 0 Å². The van der Waals surface area contributed by atoms with E-state index in [1.165, 1.54) is 0 Å². The molecule has 0 bridgehead atoms. The maximum atomic E-state index is 12.4. The number of rotatable bonds is 5. The maximum Gasteiger partial charge on any atom is 0.410 e. The van der Waals surface area contributed by atoms with Gasteiger partial charge < -0.3 is 19.5 Å². The lowest BCUT2D eigenvalue weighted by atomic mass is 10.0. The van der Waals surface area contributed by atoms with Crippen LogP contribution in [0.25, 0.3) is 22.3 Å². The van der Waals surface area contributed by atoms with Crippen molar-refractivity contribution in [1.82, 2.24) is 24.8 Å². The molecular formula is C30H33N5O3. The van der Waals surface area contributed by atoms with Gasteiger partial charge >= 0.3 is 6.09 Å². The zero-order valence-electron chi connectivity index (χ0n) is 22.1. The van der Waals surface area contributed by atoms with Gasteiger partial charge in [0.1, 0.15) is 17.6 Å². The molecule has 196 valence electrons. The van der Waals surface area contributed by atoms with E-state index in [0.717, 1.165) is 40.7 Å². The van der Waals surface area contributed by atoms with E-state index in [0.29, 0.717) is 25.2 Å². The highest BCUT2D eigenvalue weighted by Crippen LogP contribution is 2.31. The van der Waals surface area contributed by atoms with Gasteiger partial charge in [0.2, 0.25) is 0 Å². The smallest absolute Gasteiger partial charge is 0.410 e. The average molecular weight is 512 g/mol. The van der Waals surface area contributed by atoms with Crippen molar-refractivity contribution >= 4 is 23.0 Å². The Morgan fingerprint density at radius 2 is 1.68 bits per heavy atom. The van der Waals surface area contributed by atoms with E-state index < -0.39 is 5.60 Å². The molecule has 2 aromatic carbocycles. The Hall–Kier alpha value is -4.20. The third-order valence-electron chi connectivity index (χ3n) is 6.74. The van der Waals surface area contributed by atoms with Gasteiger partial charge in [-0.05, 0) is 57.4 Å². The molecule has 5 rings (SSSR count). The van der Waals surface area contributed by atoms with Crippen LogP contribution in [0.5, 0.6) is 0 Å². The molecule has 8 heteroatoms. The molecule has 1 aliphatic heterocycles. The molecule has 1 saturated heterocycles. The van der Waals surface area contributed by atoms with E-state index in [-0.39, 0.29) is 18.0 Å². The minimum absolute atomic E-state index is 0.0922. The predicted octanol–water partition coefficient (Wildman–Crippen LogP) is 5.60. The van der Waals surface area contributed by atoms with Crippen LogP contribution in [-0.2, 0) is 11.3 Å². The van der Waals surface area contributed by atoms with Gasteiger partial charge in [-0.2, -0.15) is 0 Å². The van der Waals surface area contributed by atoms with Gasteiger partial charge in [0.15, 0.2) is 0 Å². The van der Waals surface area contributed by atoms with Crippen molar-refractivity contribution in [3.8, 4) is 11.3 Å². The minimum Gasteiger partial charge on any atom is -0.444 e. The molecule has 0 spiro atoms. The number of nitrogens with zero attached hydrogens (tertiary/aromatic N) is 4. The number of likely N-dealkylation sites (tertiary alicyclic amines) is 1.